The molecule has 0 saturated carbocycles. The second kappa shape index (κ2) is 8.96. The summed E-state index contributed by atoms with van der Waals surface area (Å²) in [4.78, 5) is 31.9. The summed E-state index contributed by atoms with van der Waals surface area (Å²) in [6, 6.07) is 19.9. The van der Waals surface area contributed by atoms with Crippen LogP contribution in [0, 0.1) is 6.92 Å². The van der Waals surface area contributed by atoms with E-state index in [2.05, 4.69) is 25.8 Å². The molecule has 1 unspecified atom stereocenters. The SMILES string of the molecule is COc1ccc(C(C)(C)C)cc1/C(O)=C1\C(=O)C(=O)N(c2ccc(C)cc2)C1c1c[nH]c2ccccc12. The first-order valence-electron chi connectivity index (χ1n) is 12.2. The fraction of sp³-hybridized carbons (Fsp3) is 0.226. The van der Waals surface area contributed by atoms with Gasteiger partial charge < -0.3 is 14.8 Å². The van der Waals surface area contributed by atoms with Gasteiger partial charge >= 0.3 is 0 Å². The second-order valence-corrected chi connectivity index (χ2v) is 10.5. The number of ketones is 1. The molecular weight excluding hydrogens is 464 g/mol. The van der Waals surface area contributed by atoms with Crippen LogP contribution in [0.2, 0.25) is 0 Å². The Balaban J connectivity index is 1.80. The van der Waals surface area contributed by atoms with Crippen molar-refractivity contribution in [2.24, 2.45) is 0 Å². The van der Waals surface area contributed by atoms with Crippen LogP contribution in [-0.4, -0.2) is 28.9 Å². The number of hydrogen-bond acceptors (Lipinski definition) is 4. The van der Waals surface area contributed by atoms with Crippen molar-refractivity contribution in [3.05, 3.63) is 101 Å². The van der Waals surface area contributed by atoms with Gasteiger partial charge in [-0.3, -0.25) is 14.5 Å². The lowest BCUT2D eigenvalue weighted by molar-refractivity contribution is -0.132. The van der Waals surface area contributed by atoms with Crippen LogP contribution >= 0.6 is 0 Å². The Bertz CT molecular complexity index is 1550. The molecule has 1 fully saturated rings. The number of H-pyrrole nitrogens is 1. The van der Waals surface area contributed by atoms with Crippen molar-refractivity contribution in [3.8, 4) is 5.75 Å². The third kappa shape index (κ3) is 4.08. The maximum Gasteiger partial charge on any atom is 0.300 e. The van der Waals surface area contributed by atoms with Gasteiger partial charge in [0.05, 0.1) is 24.3 Å². The van der Waals surface area contributed by atoms with Crippen molar-refractivity contribution < 1.29 is 19.4 Å². The lowest BCUT2D eigenvalue weighted by Crippen LogP contribution is -2.29. The van der Waals surface area contributed by atoms with Gasteiger partial charge in [-0.1, -0.05) is 62.7 Å². The summed E-state index contributed by atoms with van der Waals surface area (Å²) in [5.74, 6) is -1.26. The molecule has 0 radical (unpaired) electrons. The molecule has 2 heterocycles. The first-order valence-corrected chi connectivity index (χ1v) is 12.2. The molecule has 2 N–H and O–H groups in total. The molecule has 1 aliphatic heterocycles. The highest BCUT2D eigenvalue weighted by molar-refractivity contribution is 6.52. The molecule has 4 aromatic rings. The number of carbonyl (C=O) groups excluding carboxylic acids is 2. The van der Waals surface area contributed by atoms with E-state index in [0.717, 1.165) is 27.6 Å². The number of fused-ring (bicyclic) bond motifs is 1. The number of aliphatic hydroxyl groups is 1. The van der Waals surface area contributed by atoms with E-state index in [9.17, 15) is 14.7 Å². The minimum Gasteiger partial charge on any atom is -0.507 e. The third-order valence-corrected chi connectivity index (χ3v) is 6.99. The molecule has 6 heteroatoms. The number of amides is 1. The fourth-order valence-electron chi connectivity index (χ4n) is 4.92. The van der Waals surface area contributed by atoms with Crippen LogP contribution < -0.4 is 9.64 Å². The van der Waals surface area contributed by atoms with E-state index < -0.39 is 17.7 Å². The van der Waals surface area contributed by atoms with Gasteiger partial charge in [0, 0.05) is 28.4 Å². The molecular formula is C31H30N2O4. The quantitative estimate of drug-likeness (QED) is 0.195. The number of hydrogen-bond donors (Lipinski definition) is 2. The molecule has 37 heavy (non-hydrogen) atoms. The average Bonchev–Trinajstić information content (AvgIpc) is 3.42. The molecule has 1 aromatic heterocycles. The maximum absolute atomic E-state index is 13.6. The molecule has 3 aromatic carbocycles. The minimum absolute atomic E-state index is 0.0275. The number of carbonyl (C=O) groups is 2. The molecule has 5 rings (SSSR count). The number of anilines is 1. The van der Waals surface area contributed by atoms with Crippen LogP contribution in [-0.2, 0) is 15.0 Å². The molecule has 1 saturated heterocycles. The number of aliphatic hydroxyl groups excluding tert-OH is 1. The largest absolute Gasteiger partial charge is 0.507 e. The molecule has 0 aliphatic carbocycles. The van der Waals surface area contributed by atoms with Crippen LogP contribution in [0.1, 0.15) is 49.1 Å². The Morgan fingerprint density at radius 2 is 1.70 bits per heavy atom. The Morgan fingerprint density at radius 3 is 2.38 bits per heavy atom. The van der Waals surface area contributed by atoms with Gasteiger partial charge in [0.15, 0.2) is 0 Å². The van der Waals surface area contributed by atoms with Crippen molar-refractivity contribution in [1.29, 1.82) is 0 Å². The highest BCUT2D eigenvalue weighted by Gasteiger charge is 2.48. The number of para-hydroxylation sites is 1. The number of Topliss-reactive ketones (excluding diaryl/α,β-unsaturated/α-hetero) is 1. The van der Waals surface area contributed by atoms with Gasteiger partial charge in [-0.2, -0.15) is 0 Å². The Labute approximate surface area is 216 Å². The number of nitrogens with one attached hydrogen (secondary N) is 1. The van der Waals surface area contributed by atoms with E-state index in [0.29, 0.717) is 17.0 Å². The second-order valence-electron chi connectivity index (χ2n) is 10.5. The van der Waals surface area contributed by atoms with Crippen molar-refractivity contribution in [1.82, 2.24) is 4.98 Å². The van der Waals surface area contributed by atoms with Crippen molar-refractivity contribution in [3.63, 3.8) is 0 Å². The fourth-order valence-corrected chi connectivity index (χ4v) is 4.92. The Kier molecular flexibility index (Phi) is 5.91. The van der Waals surface area contributed by atoms with E-state index in [-0.39, 0.29) is 16.7 Å². The minimum atomic E-state index is -0.832. The summed E-state index contributed by atoms with van der Waals surface area (Å²) in [5.41, 5.74) is 4.38. The van der Waals surface area contributed by atoms with Gasteiger partial charge in [0.1, 0.15) is 11.5 Å². The van der Waals surface area contributed by atoms with E-state index in [1.54, 1.807) is 12.3 Å². The number of methoxy groups -OCH3 is 1. The first-order chi connectivity index (χ1) is 17.6. The summed E-state index contributed by atoms with van der Waals surface area (Å²) in [7, 11) is 1.52. The van der Waals surface area contributed by atoms with Crippen LogP contribution in [0.25, 0.3) is 16.7 Å². The molecule has 0 bridgehead atoms. The summed E-state index contributed by atoms with van der Waals surface area (Å²) < 4.78 is 5.57. The molecule has 1 amide bonds. The van der Waals surface area contributed by atoms with E-state index >= 15 is 0 Å². The number of ether oxygens (including phenoxy) is 1. The molecule has 1 aliphatic rings. The number of benzene rings is 3. The summed E-state index contributed by atoms with van der Waals surface area (Å²) in [6.07, 6.45) is 1.80. The number of rotatable bonds is 4. The third-order valence-electron chi connectivity index (χ3n) is 6.99. The number of nitrogens with zero attached hydrogens (tertiary/aromatic N) is 1. The highest BCUT2D eigenvalue weighted by atomic mass is 16.5. The van der Waals surface area contributed by atoms with Crippen LogP contribution in [0.3, 0.4) is 0 Å². The highest BCUT2D eigenvalue weighted by Crippen LogP contribution is 2.45. The van der Waals surface area contributed by atoms with Crippen molar-refractivity contribution in [2.45, 2.75) is 39.2 Å². The van der Waals surface area contributed by atoms with Gasteiger partial charge in [0.25, 0.3) is 11.7 Å². The molecule has 1 atom stereocenters. The molecule has 6 nitrogen and oxygen atoms in total. The number of aromatic nitrogens is 1. The predicted molar refractivity (Wildman–Crippen MR) is 146 cm³/mol. The topological polar surface area (TPSA) is 82.6 Å². The van der Waals surface area contributed by atoms with Crippen molar-refractivity contribution >= 4 is 34.0 Å². The zero-order valence-corrected chi connectivity index (χ0v) is 21.6. The summed E-state index contributed by atoms with van der Waals surface area (Å²) in [5, 5.41) is 12.6. The van der Waals surface area contributed by atoms with Crippen LogP contribution in [0.5, 0.6) is 5.75 Å². The van der Waals surface area contributed by atoms with Crippen LogP contribution in [0.15, 0.2) is 78.5 Å². The van der Waals surface area contributed by atoms with Gasteiger partial charge in [-0.25, -0.2) is 0 Å². The van der Waals surface area contributed by atoms with Gasteiger partial charge in [-0.05, 0) is 48.2 Å². The van der Waals surface area contributed by atoms with Crippen LogP contribution in [0.4, 0.5) is 5.69 Å². The predicted octanol–water partition coefficient (Wildman–Crippen LogP) is 6.41. The van der Waals surface area contributed by atoms with Gasteiger partial charge in [0.2, 0.25) is 0 Å². The Morgan fingerprint density at radius 1 is 1.00 bits per heavy atom. The average molecular weight is 495 g/mol. The molecule has 0 spiro atoms. The normalized spacial score (nSPS) is 17.5. The summed E-state index contributed by atoms with van der Waals surface area (Å²) in [6.45, 7) is 8.17. The Hall–Kier alpha value is -4.32. The van der Waals surface area contributed by atoms with Gasteiger partial charge in [-0.15, -0.1) is 0 Å². The lowest BCUT2D eigenvalue weighted by atomic mass is 9.85. The maximum atomic E-state index is 13.6. The van der Waals surface area contributed by atoms with E-state index in [4.69, 9.17) is 4.74 Å². The summed E-state index contributed by atoms with van der Waals surface area (Å²) >= 11 is 0. The van der Waals surface area contributed by atoms with E-state index in [1.807, 2.05) is 67.6 Å². The lowest BCUT2D eigenvalue weighted by Gasteiger charge is -2.25. The van der Waals surface area contributed by atoms with E-state index in [1.165, 1.54) is 12.0 Å². The number of aryl methyl sites for hydroxylation is 1. The smallest absolute Gasteiger partial charge is 0.300 e. The molecule has 188 valence electrons. The first kappa shape index (κ1) is 24.4. The van der Waals surface area contributed by atoms with Crippen molar-refractivity contribution in [2.75, 3.05) is 12.0 Å². The zero-order chi connectivity index (χ0) is 26.5. The zero-order valence-electron chi connectivity index (χ0n) is 21.6. The monoisotopic (exact) mass is 494 g/mol. The standard InChI is InChI=1S/C31H30N2O4/c1-18-10-13-20(14-11-18)33-27(23-17-32-24-9-7-6-8-21(23)24)26(29(35)30(33)36)28(34)22-16-19(31(2,3)4)12-15-25(22)37-5/h6-17,27,32,34H,1-5H3/b28-26+. The number of aromatic amines is 1.